The molecule has 1 aliphatic carbocycles. The summed E-state index contributed by atoms with van der Waals surface area (Å²) in [4.78, 5) is 19.6. The molecule has 0 unspecified atom stereocenters. The summed E-state index contributed by atoms with van der Waals surface area (Å²) in [6.45, 7) is 14.3. The van der Waals surface area contributed by atoms with E-state index in [1.807, 2.05) is 13.8 Å². The molecule has 3 rings (SSSR count). The maximum Gasteiger partial charge on any atom is 0.262 e. The van der Waals surface area contributed by atoms with Gasteiger partial charge >= 0.3 is 0 Å². The monoisotopic (exact) mass is 302 g/mol. The van der Waals surface area contributed by atoms with Gasteiger partial charge < -0.3 is 0 Å². The van der Waals surface area contributed by atoms with Crippen molar-refractivity contribution in [3.63, 3.8) is 0 Å². The second-order valence-electron chi connectivity index (χ2n) is 5.40. The zero-order valence-corrected chi connectivity index (χ0v) is 13.7. The minimum absolute atomic E-state index is 0.116. The van der Waals surface area contributed by atoms with Crippen LogP contribution in [0.3, 0.4) is 0 Å². The standard InChI is InChI=1S/C15H18N2OS.C2H4/c1-9(2)8-17-10(3)16-14-13(15(17)18)11-6-4-5-7-12(11)19-14;1-2/h1,4-8H2,2-3H3;1-2H2. The van der Waals surface area contributed by atoms with E-state index in [-0.39, 0.29) is 5.56 Å². The van der Waals surface area contributed by atoms with Gasteiger partial charge in [0, 0.05) is 11.4 Å². The SMILES string of the molecule is C=C.C=C(C)Cn1c(C)nc2sc3c(c2c1=O)CCCC3. The highest BCUT2D eigenvalue weighted by Crippen LogP contribution is 2.33. The van der Waals surface area contributed by atoms with Crippen molar-refractivity contribution in [2.45, 2.75) is 46.1 Å². The maximum absolute atomic E-state index is 12.7. The molecule has 2 heterocycles. The lowest BCUT2D eigenvalue weighted by Gasteiger charge is -2.11. The van der Waals surface area contributed by atoms with E-state index in [0.29, 0.717) is 6.54 Å². The molecule has 0 atom stereocenters. The molecule has 21 heavy (non-hydrogen) atoms. The Hall–Kier alpha value is -1.68. The maximum atomic E-state index is 12.7. The first-order chi connectivity index (χ1) is 10.1. The van der Waals surface area contributed by atoms with Crippen LogP contribution in [0.4, 0.5) is 0 Å². The number of aromatic nitrogens is 2. The van der Waals surface area contributed by atoms with Crippen LogP contribution in [0, 0.1) is 6.92 Å². The second-order valence-corrected chi connectivity index (χ2v) is 6.48. The highest BCUT2D eigenvalue weighted by Gasteiger charge is 2.20. The molecule has 0 saturated heterocycles. The molecule has 0 aromatic carbocycles. The number of aryl methyl sites for hydroxylation is 3. The van der Waals surface area contributed by atoms with Crippen LogP contribution in [-0.4, -0.2) is 9.55 Å². The Bertz CT molecular complexity index is 739. The summed E-state index contributed by atoms with van der Waals surface area (Å²) < 4.78 is 1.76. The second kappa shape index (κ2) is 6.39. The van der Waals surface area contributed by atoms with Gasteiger partial charge in [-0.1, -0.05) is 12.2 Å². The first kappa shape index (κ1) is 15.7. The van der Waals surface area contributed by atoms with Gasteiger partial charge in [0.15, 0.2) is 0 Å². The van der Waals surface area contributed by atoms with Crippen LogP contribution in [0.5, 0.6) is 0 Å². The molecular formula is C17H22N2OS. The van der Waals surface area contributed by atoms with E-state index < -0.39 is 0 Å². The molecule has 0 spiro atoms. The Balaban J connectivity index is 0.000000774. The van der Waals surface area contributed by atoms with Crippen LogP contribution < -0.4 is 5.56 Å². The van der Waals surface area contributed by atoms with E-state index in [9.17, 15) is 4.79 Å². The van der Waals surface area contributed by atoms with Crippen LogP contribution >= 0.6 is 11.3 Å². The van der Waals surface area contributed by atoms with Gasteiger partial charge in [-0.15, -0.1) is 24.5 Å². The van der Waals surface area contributed by atoms with Crippen molar-refractivity contribution in [1.29, 1.82) is 0 Å². The molecule has 4 heteroatoms. The normalized spacial score (nSPS) is 13.4. The van der Waals surface area contributed by atoms with Gasteiger partial charge in [-0.25, -0.2) is 4.98 Å². The Morgan fingerprint density at radius 1 is 1.33 bits per heavy atom. The van der Waals surface area contributed by atoms with Crippen molar-refractivity contribution < 1.29 is 0 Å². The average Bonchev–Trinajstić information content (AvgIpc) is 2.83. The number of rotatable bonds is 2. The smallest absolute Gasteiger partial charge is 0.262 e. The first-order valence-electron chi connectivity index (χ1n) is 7.24. The Morgan fingerprint density at radius 3 is 2.67 bits per heavy atom. The van der Waals surface area contributed by atoms with Gasteiger partial charge in [-0.05, 0) is 45.1 Å². The zero-order chi connectivity index (χ0) is 15.6. The number of thiophene rings is 1. The number of allylic oxidation sites excluding steroid dienone is 1. The summed E-state index contributed by atoms with van der Waals surface area (Å²) in [5.41, 5.74) is 2.36. The number of nitrogens with zero attached hydrogens (tertiary/aromatic N) is 2. The molecule has 2 aromatic heterocycles. The number of fused-ring (bicyclic) bond motifs is 3. The Kier molecular flexibility index (Phi) is 4.78. The molecule has 112 valence electrons. The fourth-order valence-electron chi connectivity index (χ4n) is 2.80. The molecule has 0 amide bonds. The first-order valence-corrected chi connectivity index (χ1v) is 8.05. The van der Waals surface area contributed by atoms with Gasteiger partial charge in [0.2, 0.25) is 0 Å². The molecule has 1 aliphatic rings. The molecule has 0 N–H and O–H groups in total. The quantitative estimate of drug-likeness (QED) is 0.785. The summed E-state index contributed by atoms with van der Waals surface area (Å²) in [6, 6.07) is 0. The molecule has 3 nitrogen and oxygen atoms in total. The topological polar surface area (TPSA) is 34.9 Å². The molecule has 0 aliphatic heterocycles. The lowest BCUT2D eigenvalue weighted by atomic mass is 9.97. The third-order valence-corrected chi connectivity index (χ3v) is 4.88. The van der Waals surface area contributed by atoms with Crippen LogP contribution in [0.15, 0.2) is 30.1 Å². The van der Waals surface area contributed by atoms with Gasteiger partial charge in [-0.3, -0.25) is 9.36 Å². The van der Waals surface area contributed by atoms with E-state index in [4.69, 9.17) is 0 Å². The third-order valence-electron chi connectivity index (χ3n) is 3.69. The average molecular weight is 302 g/mol. The summed E-state index contributed by atoms with van der Waals surface area (Å²) in [5.74, 6) is 0.791. The Morgan fingerprint density at radius 2 is 2.00 bits per heavy atom. The largest absolute Gasteiger partial charge is 0.292 e. The van der Waals surface area contributed by atoms with E-state index in [1.165, 1.54) is 23.3 Å². The fourth-order valence-corrected chi connectivity index (χ4v) is 4.09. The predicted octanol–water partition coefficient (Wildman–Crippen LogP) is 4.02. The van der Waals surface area contributed by atoms with Crippen molar-refractivity contribution in [3.8, 4) is 0 Å². The van der Waals surface area contributed by atoms with Crippen molar-refractivity contribution in [3.05, 3.63) is 51.9 Å². The van der Waals surface area contributed by atoms with Crippen molar-refractivity contribution >= 4 is 21.6 Å². The van der Waals surface area contributed by atoms with E-state index in [2.05, 4.69) is 24.7 Å². The van der Waals surface area contributed by atoms with Gasteiger partial charge in [0.25, 0.3) is 5.56 Å². The molecule has 0 saturated carbocycles. The highest BCUT2D eigenvalue weighted by atomic mass is 32.1. The zero-order valence-electron chi connectivity index (χ0n) is 12.9. The van der Waals surface area contributed by atoms with E-state index in [1.54, 1.807) is 15.9 Å². The van der Waals surface area contributed by atoms with Crippen LogP contribution in [0.2, 0.25) is 0 Å². The number of hydrogen-bond donors (Lipinski definition) is 0. The van der Waals surface area contributed by atoms with Crippen molar-refractivity contribution in [2.24, 2.45) is 0 Å². The van der Waals surface area contributed by atoms with Crippen LogP contribution in [0.1, 0.15) is 36.0 Å². The fraction of sp³-hybridized carbons (Fsp3) is 0.412. The molecule has 2 aromatic rings. The Labute approximate surface area is 129 Å². The minimum Gasteiger partial charge on any atom is -0.292 e. The van der Waals surface area contributed by atoms with Crippen LogP contribution in [-0.2, 0) is 19.4 Å². The van der Waals surface area contributed by atoms with Crippen molar-refractivity contribution in [1.82, 2.24) is 9.55 Å². The lowest BCUT2D eigenvalue weighted by molar-refractivity contribution is 0.690. The third kappa shape index (κ3) is 2.86. The highest BCUT2D eigenvalue weighted by molar-refractivity contribution is 7.18. The minimum atomic E-state index is 0.116. The van der Waals surface area contributed by atoms with E-state index in [0.717, 1.165) is 34.5 Å². The summed E-state index contributed by atoms with van der Waals surface area (Å²) in [5, 5.41) is 0.867. The molecule has 0 bridgehead atoms. The molecular weight excluding hydrogens is 280 g/mol. The number of hydrogen-bond acceptors (Lipinski definition) is 3. The summed E-state index contributed by atoms with van der Waals surface area (Å²) in [7, 11) is 0. The molecule has 0 radical (unpaired) electrons. The van der Waals surface area contributed by atoms with E-state index >= 15 is 0 Å². The summed E-state index contributed by atoms with van der Waals surface area (Å²) in [6.07, 6.45) is 4.56. The lowest BCUT2D eigenvalue weighted by Crippen LogP contribution is -2.24. The van der Waals surface area contributed by atoms with Gasteiger partial charge in [0.1, 0.15) is 10.7 Å². The van der Waals surface area contributed by atoms with Gasteiger partial charge in [-0.2, -0.15) is 0 Å². The van der Waals surface area contributed by atoms with Gasteiger partial charge in [0.05, 0.1) is 5.39 Å². The summed E-state index contributed by atoms with van der Waals surface area (Å²) >= 11 is 1.71. The molecule has 0 fully saturated rings. The predicted molar refractivity (Wildman–Crippen MR) is 91.3 cm³/mol. The van der Waals surface area contributed by atoms with Crippen molar-refractivity contribution in [2.75, 3.05) is 0 Å². The van der Waals surface area contributed by atoms with Crippen LogP contribution in [0.25, 0.3) is 10.2 Å².